The van der Waals surface area contributed by atoms with Crippen LogP contribution in [0, 0.1) is 0 Å². The number of nitrogens with one attached hydrogen (secondary N) is 1. The van der Waals surface area contributed by atoms with Crippen LogP contribution in [0.3, 0.4) is 0 Å². The quantitative estimate of drug-likeness (QED) is 0.554. The Morgan fingerprint density at radius 3 is 2.75 bits per heavy atom. The highest BCUT2D eigenvalue weighted by atomic mass is 32.1. The number of carbonyl (C=O) groups is 2. The molecule has 2 N–H and O–H groups in total. The minimum atomic E-state index is -1.01. The fourth-order valence-electron chi connectivity index (χ4n) is 0.954. The number of nitrogens with zero attached hydrogens (tertiary/aromatic N) is 1. The molecule has 0 unspecified atom stereocenters. The Kier molecular flexibility index (Phi) is 2.27. The predicted octanol–water partition coefficient (Wildman–Crippen LogP) is -0.824. The van der Waals surface area contributed by atoms with Crippen LogP contribution in [0.4, 0.5) is 0 Å². The van der Waals surface area contributed by atoms with E-state index in [-0.39, 0.29) is 17.4 Å². The van der Waals surface area contributed by atoms with Gasteiger partial charge >= 0.3 is 5.97 Å². The van der Waals surface area contributed by atoms with E-state index in [4.69, 9.17) is 17.3 Å². The van der Waals surface area contributed by atoms with Crippen LogP contribution in [0.25, 0.3) is 0 Å². The summed E-state index contributed by atoms with van der Waals surface area (Å²) < 4.78 is 0. The zero-order chi connectivity index (χ0) is 9.30. The number of amides is 1. The third kappa shape index (κ3) is 1.53. The molecular weight excluding hydrogens is 180 g/mol. The van der Waals surface area contributed by atoms with Gasteiger partial charge in [0.05, 0.1) is 6.42 Å². The van der Waals surface area contributed by atoms with Crippen molar-refractivity contribution >= 4 is 29.2 Å². The summed E-state index contributed by atoms with van der Waals surface area (Å²) in [5.41, 5.74) is 0. The summed E-state index contributed by atoms with van der Waals surface area (Å²) in [5, 5.41) is 11.3. The molecule has 1 aliphatic heterocycles. The number of likely N-dealkylation sites (N-methyl/N-ethyl adjacent to an activating group) is 1. The second kappa shape index (κ2) is 3.06. The summed E-state index contributed by atoms with van der Waals surface area (Å²) in [6.07, 6.45) is -0.233. The molecule has 0 bridgehead atoms. The number of carboxylic acid groups (broad SMARTS) is 1. The molecule has 0 saturated carbocycles. The van der Waals surface area contributed by atoms with Crippen LogP contribution in [0.15, 0.2) is 0 Å². The van der Waals surface area contributed by atoms with Gasteiger partial charge in [-0.15, -0.1) is 0 Å². The van der Waals surface area contributed by atoms with Crippen molar-refractivity contribution in [3.05, 3.63) is 0 Å². The Bertz CT molecular complexity index is 251. The maximum absolute atomic E-state index is 11.2. The van der Waals surface area contributed by atoms with Gasteiger partial charge in [0.2, 0.25) is 0 Å². The molecule has 12 heavy (non-hydrogen) atoms. The molecule has 0 spiro atoms. The van der Waals surface area contributed by atoms with E-state index in [1.165, 1.54) is 11.9 Å². The molecule has 1 amide bonds. The second-order valence-electron chi connectivity index (χ2n) is 2.50. The molecule has 0 aliphatic carbocycles. The molecule has 5 nitrogen and oxygen atoms in total. The molecule has 0 radical (unpaired) electrons. The van der Waals surface area contributed by atoms with Crippen molar-refractivity contribution in [2.75, 3.05) is 7.05 Å². The molecular formula is C6H8N2O3S. The van der Waals surface area contributed by atoms with Crippen molar-refractivity contribution in [1.82, 2.24) is 10.2 Å². The van der Waals surface area contributed by atoms with Gasteiger partial charge in [-0.25, -0.2) is 0 Å². The first-order chi connectivity index (χ1) is 5.52. The van der Waals surface area contributed by atoms with Crippen LogP contribution in [0.1, 0.15) is 6.42 Å². The van der Waals surface area contributed by atoms with Crippen LogP contribution in [0.2, 0.25) is 0 Å². The predicted molar refractivity (Wildman–Crippen MR) is 44.5 cm³/mol. The Balaban J connectivity index is 2.65. The van der Waals surface area contributed by atoms with E-state index < -0.39 is 12.0 Å². The number of aliphatic carboxylic acids is 1. The molecule has 1 fully saturated rings. The van der Waals surface area contributed by atoms with Gasteiger partial charge in [0.25, 0.3) is 5.91 Å². The summed E-state index contributed by atoms with van der Waals surface area (Å²) in [6, 6.07) is -0.694. The summed E-state index contributed by atoms with van der Waals surface area (Å²) in [6.45, 7) is 0. The van der Waals surface area contributed by atoms with Crippen molar-refractivity contribution in [2.24, 2.45) is 0 Å². The minimum absolute atomic E-state index is 0.233. The van der Waals surface area contributed by atoms with E-state index in [2.05, 4.69) is 5.32 Å². The lowest BCUT2D eigenvalue weighted by atomic mass is 10.2. The number of hydrogen-bond donors (Lipinski definition) is 2. The Morgan fingerprint density at radius 2 is 2.42 bits per heavy atom. The van der Waals surface area contributed by atoms with E-state index >= 15 is 0 Å². The van der Waals surface area contributed by atoms with Gasteiger partial charge in [0.15, 0.2) is 5.11 Å². The van der Waals surface area contributed by atoms with Crippen molar-refractivity contribution < 1.29 is 14.7 Å². The molecule has 0 aromatic rings. The van der Waals surface area contributed by atoms with Gasteiger partial charge in [-0.3, -0.25) is 14.5 Å². The standard InChI is InChI=1S/C6H8N2O3S/c1-8-5(11)3(2-4(9)10)7-6(8)12/h3H,2H2,1H3,(H,7,12)(H,9,10)/t3-/m0/s1. The van der Waals surface area contributed by atoms with E-state index in [1.54, 1.807) is 0 Å². The molecule has 1 aliphatic rings. The minimum Gasteiger partial charge on any atom is -0.481 e. The largest absolute Gasteiger partial charge is 0.481 e. The van der Waals surface area contributed by atoms with Crippen molar-refractivity contribution in [3.8, 4) is 0 Å². The molecule has 0 aromatic heterocycles. The topological polar surface area (TPSA) is 69.6 Å². The maximum Gasteiger partial charge on any atom is 0.305 e. The van der Waals surface area contributed by atoms with Gasteiger partial charge in [-0.1, -0.05) is 0 Å². The Labute approximate surface area is 74.3 Å². The zero-order valence-electron chi connectivity index (χ0n) is 6.40. The summed E-state index contributed by atoms with van der Waals surface area (Å²) in [4.78, 5) is 22.7. The van der Waals surface area contributed by atoms with E-state index in [0.29, 0.717) is 0 Å². The van der Waals surface area contributed by atoms with E-state index in [1.807, 2.05) is 0 Å². The highest BCUT2D eigenvalue weighted by Gasteiger charge is 2.33. The van der Waals surface area contributed by atoms with E-state index in [9.17, 15) is 9.59 Å². The summed E-state index contributed by atoms with van der Waals surface area (Å²) >= 11 is 4.75. The smallest absolute Gasteiger partial charge is 0.305 e. The zero-order valence-corrected chi connectivity index (χ0v) is 7.22. The first-order valence-electron chi connectivity index (χ1n) is 3.32. The Morgan fingerprint density at radius 1 is 1.83 bits per heavy atom. The Hall–Kier alpha value is -1.17. The van der Waals surface area contributed by atoms with Gasteiger partial charge < -0.3 is 10.4 Å². The SMILES string of the molecule is CN1C(=O)[C@H](CC(=O)O)NC1=S. The summed E-state index contributed by atoms with van der Waals surface area (Å²) in [7, 11) is 1.51. The van der Waals surface area contributed by atoms with Crippen LogP contribution in [0.5, 0.6) is 0 Å². The van der Waals surface area contributed by atoms with Crippen molar-refractivity contribution in [2.45, 2.75) is 12.5 Å². The lowest BCUT2D eigenvalue weighted by molar-refractivity contribution is -0.140. The molecule has 1 saturated heterocycles. The number of rotatable bonds is 2. The third-order valence-electron chi connectivity index (χ3n) is 1.61. The molecule has 1 rings (SSSR count). The molecule has 1 heterocycles. The fourth-order valence-corrected chi connectivity index (χ4v) is 1.19. The maximum atomic E-state index is 11.2. The second-order valence-corrected chi connectivity index (χ2v) is 2.88. The van der Waals surface area contributed by atoms with Crippen LogP contribution in [-0.4, -0.2) is 40.1 Å². The average Bonchev–Trinajstić information content (AvgIpc) is 2.17. The number of thiocarbonyl (C=S) groups is 1. The molecule has 0 aromatic carbocycles. The molecule has 6 heteroatoms. The van der Waals surface area contributed by atoms with Gasteiger partial charge in [0.1, 0.15) is 6.04 Å². The van der Waals surface area contributed by atoms with Crippen molar-refractivity contribution in [1.29, 1.82) is 0 Å². The fraction of sp³-hybridized carbons (Fsp3) is 0.500. The monoisotopic (exact) mass is 188 g/mol. The highest BCUT2D eigenvalue weighted by Crippen LogP contribution is 2.06. The molecule has 1 atom stereocenters. The normalized spacial score (nSPS) is 22.8. The van der Waals surface area contributed by atoms with Crippen LogP contribution in [-0.2, 0) is 9.59 Å². The van der Waals surface area contributed by atoms with Gasteiger partial charge in [-0.05, 0) is 12.2 Å². The van der Waals surface area contributed by atoms with Gasteiger partial charge in [-0.2, -0.15) is 0 Å². The van der Waals surface area contributed by atoms with Crippen LogP contribution < -0.4 is 5.32 Å². The number of carboxylic acids is 1. The third-order valence-corrected chi connectivity index (χ3v) is 2.00. The van der Waals surface area contributed by atoms with Crippen molar-refractivity contribution in [3.63, 3.8) is 0 Å². The first-order valence-corrected chi connectivity index (χ1v) is 3.73. The lowest BCUT2D eigenvalue weighted by Gasteiger charge is -2.04. The molecule has 66 valence electrons. The lowest BCUT2D eigenvalue weighted by Crippen LogP contribution is -2.31. The number of hydrogen-bond acceptors (Lipinski definition) is 3. The highest BCUT2D eigenvalue weighted by molar-refractivity contribution is 7.80. The van der Waals surface area contributed by atoms with Crippen LogP contribution >= 0.6 is 12.2 Å². The average molecular weight is 188 g/mol. The number of carbonyl (C=O) groups excluding carboxylic acids is 1. The summed E-state index contributed by atoms with van der Waals surface area (Å²) in [5.74, 6) is -1.30. The van der Waals surface area contributed by atoms with Gasteiger partial charge in [0, 0.05) is 7.05 Å². The first kappa shape index (κ1) is 8.92. The van der Waals surface area contributed by atoms with E-state index in [0.717, 1.165) is 0 Å².